The van der Waals surface area contributed by atoms with Crippen molar-refractivity contribution in [3.63, 3.8) is 0 Å². The molecule has 0 unspecified atom stereocenters. The van der Waals surface area contributed by atoms with Crippen molar-refractivity contribution in [3.05, 3.63) is 16.1 Å². The molecule has 2 N–H and O–H groups in total. The van der Waals surface area contributed by atoms with Crippen molar-refractivity contribution < 1.29 is 4.79 Å². The second-order valence-electron chi connectivity index (χ2n) is 4.24. The minimum Gasteiger partial charge on any atom is -0.369 e. The highest BCUT2D eigenvalue weighted by Gasteiger charge is 2.19. The van der Waals surface area contributed by atoms with Crippen LogP contribution in [0.1, 0.15) is 13.3 Å². The highest BCUT2D eigenvalue weighted by molar-refractivity contribution is 6.37. The van der Waals surface area contributed by atoms with Crippen LogP contribution in [0.2, 0.25) is 10.0 Å². The van der Waals surface area contributed by atoms with Gasteiger partial charge in [-0.2, -0.15) is 0 Å². The van der Waals surface area contributed by atoms with Gasteiger partial charge in [-0.3, -0.25) is 4.79 Å². The third-order valence-corrected chi connectivity index (χ3v) is 3.43. The highest BCUT2D eigenvalue weighted by Crippen LogP contribution is 2.31. The number of nitrogens with one attached hydrogen (secondary N) is 2. The topological polar surface area (TPSA) is 57.3 Å². The van der Waals surface area contributed by atoms with Gasteiger partial charge in [0.05, 0.1) is 10.0 Å². The van der Waals surface area contributed by atoms with Gasteiger partial charge in [0.2, 0.25) is 5.91 Å². The molecule has 1 aromatic heterocycles. The van der Waals surface area contributed by atoms with Gasteiger partial charge in [0, 0.05) is 32.6 Å². The normalized spacial score (nSPS) is 15.9. The smallest absolute Gasteiger partial charge is 0.221 e. The Morgan fingerprint density at radius 3 is 2.95 bits per heavy atom. The minimum atomic E-state index is 0.0551. The molecule has 104 valence electrons. The van der Waals surface area contributed by atoms with Crippen molar-refractivity contribution in [1.82, 2.24) is 10.3 Å². The molecule has 5 nitrogen and oxygen atoms in total. The van der Waals surface area contributed by atoms with Gasteiger partial charge in [-0.15, -0.1) is 0 Å². The van der Waals surface area contributed by atoms with Crippen LogP contribution in [-0.2, 0) is 4.79 Å². The van der Waals surface area contributed by atoms with Gasteiger partial charge in [-0.25, -0.2) is 4.98 Å². The predicted octanol–water partition coefficient (Wildman–Crippen LogP) is 2.15. The van der Waals surface area contributed by atoms with Gasteiger partial charge in [0.1, 0.15) is 11.6 Å². The van der Waals surface area contributed by atoms with Crippen LogP contribution in [-0.4, -0.2) is 37.1 Å². The van der Waals surface area contributed by atoms with Crippen LogP contribution in [0.15, 0.2) is 6.07 Å². The number of hydrogen-bond donors (Lipinski definition) is 2. The average molecular weight is 303 g/mol. The maximum Gasteiger partial charge on any atom is 0.221 e. The zero-order valence-corrected chi connectivity index (χ0v) is 12.2. The molecular formula is C12H16Cl2N4O. The van der Waals surface area contributed by atoms with Crippen molar-refractivity contribution in [2.45, 2.75) is 13.3 Å². The van der Waals surface area contributed by atoms with Gasteiger partial charge < -0.3 is 15.5 Å². The summed E-state index contributed by atoms with van der Waals surface area (Å²) >= 11 is 12.3. The number of hydrogen-bond acceptors (Lipinski definition) is 4. The quantitative estimate of drug-likeness (QED) is 0.898. The van der Waals surface area contributed by atoms with Crippen molar-refractivity contribution in [3.8, 4) is 0 Å². The molecule has 1 fully saturated rings. The third-order valence-electron chi connectivity index (χ3n) is 2.87. The molecule has 1 aliphatic rings. The first-order valence-corrected chi connectivity index (χ1v) is 6.99. The van der Waals surface area contributed by atoms with Gasteiger partial charge in [0.25, 0.3) is 0 Å². The molecule has 1 saturated heterocycles. The minimum absolute atomic E-state index is 0.0551. The number of anilines is 2. The number of pyridine rings is 1. The summed E-state index contributed by atoms with van der Waals surface area (Å²) in [7, 11) is 0. The molecule has 0 atom stereocenters. The van der Waals surface area contributed by atoms with E-state index in [0.29, 0.717) is 47.7 Å². The molecule has 1 amide bonds. The lowest BCUT2D eigenvalue weighted by Gasteiger charge is -2.22. The molecule has 1 aliphatic heterocycles. The van der Waals surface area contributed by atoms with E-state index in [9.17, 15) is 4.79 Å². The Labute approximate surface area is 122 Å². The zero-order chi connectivity index (χ0) is 13.8. The van der Waals surface area contributed by atoms with Crippen LogP contribution in [0.4, 0.5) is 11.6 Å². The first-order chi connectivity index (χ1) is 9.11. The molecule has 2 heterocycles. The predicted molar refractivity (Wildman–Crippen MR) is 78.3 cm³/mol. The Morgan fingerprint density at radius 1 is 1.42 bits per heavy atom. The SMILES string of the molecule is CCNc1nc(N2CCNC(=O)CC2)c(Cl)cc1Cl. The Hall–Kier alpha value is -1.20. The molecule has 0 spiro atoms. The fraction of sp³-hybridized carbons (Fsp3) is 0.500. The maximum absolute atomic E-state index is 11.3. The number of rotatable bonds is 3. The number of nitrogens with zero attached hydrogens (tertiary/aromatic N) is 2. The summed E-state index contributed by atoms with van der Waals surface area (Å²) < 4.78 is 0. The van der Waals surface area contributed by atoms with Crippen LogP contribution < -0.4 is 15.5 Å². The lowest BCUT2D eigenvalue weighted by atomic mass is 10.3. The van der Waals surface area contributed by atoms with Crippen LogP contribution in [0.3, 0.4) is 0 Å². The monoisotopic (exact) mass is 302 g/mol. The summed E-state index contributed by atoms with van der Waals surface area (Å²) in [6.45, 7) is 4.59. The molecule has 19 heavy (non-hydrogen) atoms. The average Bonchev–Trinajstić information content (AvgIpc) is 2.58. The Bertz CT molecular complexity index is 481. The van der Waals surface area contributed by atoms with E-state index < -0.39 is 0 Å². The number of halogens is 2. The largest absolute Gasteiger partial charge is 0.369 e. The lowest BCUT2D eigenvalue weighted by molar-refractivity contribution is -0.120. The van der Waals surface area contributed by atoms with E-state index in [1.54, 1.807) is 6.07 Å². The molecule has 0 aromatic carbocycles. The van der Waals surface area contributed by atoms with Crippen LogP contribution in [0, 0.1) is 0 Å². The Balaban J connectivity index is 2.27. The van der Waals surface area contributed by atoms with Gasteiger partial charge in [0.15, 0.2) is 0 Å². The van der Waals surface area contributed by atoms with Crippen molar-refractivity contribution in [2.75, 3.05) is 36.4 Å². The third kappa shape index (κ3) is 3.42. The fourth-order valence-corrected chi connectivity index (χ4v) is 2.49. The zero-order valence-electron chi connectivity index (χ0n) is 10.7. The van der Waals surface area contributed by atoms with E-state index in [1.807, 2.05) is 11.8 Å². The molecule has 1 aromatic rings. The maximum atomic E-state index is 11.3. The summed E-state index contributed by atoms with van der Waals surface area (Å²) in [5, 5.41) is 6.92. The Morgan fingerprint density at radius 2 is 2.21 bits per heavy atom. The van der Waals surface area contributed by atoms with E-state index in [-0.39, 0.29) is 5.91 Å². The van der Waals surface area contributed by atoms with Crippen molar-refractivity contribution in [1.29, 1.82) is 0 Å². The molecule has 2 rings (SSSR count). The van der Waals surface area contributed by atoms with E-state index >= 15 is 0 Å². The standard InChI is InChI=1S/C12H16Cl2N4O/c1-2-15-11-8(13)7-9(14)12(17-11)18-5-3-10(19)16-4-6-18/h7H,2-6H2,1H3,(H,15,17)(H,16,19). The first kappa shape index (κ1) is 14.2. The summed E-state index contributed by atoms with van der Waals surface area (Å²) in [5.41, 5.74) is 0. The molecule has 0 bridgehead atoms. The second-order valence-corrected chi connectivity index (χ2v) is 5.06. The highest BCUT2D eigenvalue weighted by atomic mass is 35.5. The fourth-order valence-electron chi connectivity index (χ4n) is 1.95. The van der Waals surface area contributed by atoms with Crippen LogP contribution >= 0.6 is 23.2 Å². The number of carbonyl (C=O) groups is 1. The molecular weight excluding hydrogens is 287 g/mol. The molecule has 7 heteroatoms. The lowest BCUT2D eigenvalue weighted by Crippen LogP contribution is -2.29. The number of aromatic nitrogens is 1. The summed E-state index contributed by atoms with van der Waals surface area (Å²) in [4.78, 5) is 17.8. The van der Waals surface area contributed by atoms with Gasteiger partial charge in [-0.1, -0.05) is 23.2 Å². The van der Waals surface area contributed by atoms with Crippen molar-refractivity contribution >= 4 is 40.7 Å². The van der Waals surface area contributed by atoms with E-state index in [1.165, 1.54) is 0 Å². The van der Waals surface area contributed by atoms with Crippen LogP contribution in [0.25, 0.3) is 0 Å². The van der Waals surface area contributed by atoms with Crippen molar-refractivity contribution in [2.24, 2.45) is 0 Å². The summed E-state index contributed by atoms with van der Waals surface area (Å²) in [6.07, 6.45) is 0.442. The number of carbonyl (C=O) groups excluding carboxylic acids is 1. The van der Waals surface area contributed by atoms with Crippen LogP contribution in [0.5, 0.6) is 0 Å². The molecule has 0 saturated carbocycles. The second kappa shape index (κ2) is 6.30. The van der Waals surface area contributed by atoms with E-state index in [4.69, 9.17) is 23.2 Å². The molecule has 0 aliphatic carbocycles. The van der Waals surface area contributed by atoms with E-state index in [2.05, 4.69) is 15.6 Å². The van der Waals surface area contributed by atoms with Gasteiger partial charge >= 0.3 is 0 Å². The molecule has 0 radical (unpaired) electrons. The van der Waals surface area contributed by atoms with E-state index in [0.717, 1.165) is 6.54 Å². The summed E-state index contributed by atoms with van der Waals surface area (Å²) in [5.74, 6) is 1.34. The number of amides is 1. The van der Waals surface area contributed by atoms with Gasteiger partial charge in [-0.05, 0) is 13.0 Å². The Kier molecular flexibility index (Phi) is 4.71. The summed E-state index contributed by atoms with van der Waals surface area (Å²) in [6, 6.07) is 1.68. The first-order valence-electron chi connectivity index (χ1n) is 6.23.